The average Bonchev–Trinajstić information content (AvgIpc) is 3.59. The molecule has 152 valence electrons. The fourth-order valence-electron chi connectivity index (χ4n) is 4.22. The first-order valence-electron chi connectivity index (χ1n) is 10.7. The number of nitrogens with one attached hydrogen (secondary N) is 2. The molecule has 0 atom stereocenters. The first-order chi connectivity index (χ1) is 14.6. The van der Waals surface area contributed by atoms with E-state index in [4.69, 9.17) is 4.98 Å². The third-order valence-electron chi connectivity index (χ3n) is 6.00. The zero-order chi connectivity index (χ0) is 20.7. The number of hydrogen-bond acceptors (Lipinski definition) is 3. The van der Waals surface area contributed by atoms with Crippen molar-refractivity contribution in [3.05, 3.63) is 64.8 Å². The molecule has 5 heteroatoms. The minimum Gasteiger partial charge on any atom is -0.326 e. The molecule has 3 aromatic rings. The summed E-state index contributed by atoms with van der Waals surface area (Å²) in [5, 5.41) is 6.90. The third kappa shape index (κ3) is 3.67. The molecule has 2 aliphatic rings. The van der Waals surface area contributed by atoms with E-state index in [0.717, 1.165) is 77.5 Å². The van der Waals surface area contributed by atoms with Crippen LogP contribution in [-0.4, -0.2) is 16.8 Å². The predicted octanol–water partition coefficient (Wildman–Crippen LogP) is 5.02. The topological polar surface area (TPSA) is 71.1 Å². The Morgan fingerprint density at radius 3 is 2.37 bits per heavy atom. The van der Waals surface area contributed by atoms with Gasteiger partial charge in [0.15, 0.2) is 0 Å². The lowest BCUT2D eigenvalue weighted by atomic mass is 9.89. The summed E-state index contributed by atoms with van der Waals surface area (Å²) >= 11 is 0. The number of rotatable bonds is 4. The van der Waals surface area contributed by atoms with Crippen molar-refractivity contribution in [3.8, 4) is 0 Å². The van der Waals surface area contributed by atoms with Gasteiger partial charge in [-0.25, -0.2) is 0 Å². The van der Waals surface area contributed by atoms with Gasteiger partial charge in [-0.1, -0.05) is 11.6 Å². The maximum Gasteiger partial charge on any atom is 0.256 e. The third-order valence-corrected chi connectivity index (χ3v) is 6.00. The maximum absolute atomic E-state index is 13.4. The molecule has 2 aromatic carbocycles. The molecule has 5 rings (SSSR count). The second-order valence-corrected chi connectivity index (χ2v) is 8.43. The Labute approximate surface area is 175 Å². The van der Waals surface area contributed by atoms with Crippen molar-refractivity contribution < 1.29 is 9.59 Å². The van der Waals surface area contributed by atoms with Crippen molar-refractivity contribution >= 4 is 34.1 Å². The van der Waals surface area contributed by atoms with Gasteiger partial charge in [-0.3, -0.25) is 14.6 Å². The van der Waals surface area contributed by atoms with Gasteiger partial charge >= 0.3 is 0 Å². The predicted molar refractivity (Wildman–Crippen MR) is 119 cm³/mol. The Bertz CT molecular complexity index is 1150. The monoisotopic (exact) mass is 399 g/mol. The fraction of sp³-hybridized carbons (Fsp3) is 0.320. The second kappa shape index (κ2) is 7.56. The van der Waals surface area contributed by atoms with Crippen molar-refractivity contribution in [2.24, 2.45) is 5.92 Å². The molecule has 2 N–H and O–H groups in total. The van der Waals surface area contributed by atoms with Crippen LogP contribution in [0, 0.1) is 12.8 Å². The number of carbonyl (C=O) groups is 2. The van der Waals surface area contributed by atoms with Crippen molar-refractivity contribution in [1.29, 1.82) is 0 Å². The highest BCUT2D eigenvalue weighted by atomic mass is 16.2. The number of aryl methyl sites for hydroxylation is 2. The molecular weight excluding hydrogens is 374 g/mol. The van der Waals surface area contributed by atoms with Crippen molar-refractivity contribution in [1.82, 2.24) is 4.98 Å². The number of anilines is 2. The fourth-order valence-corrected chi connectivity index (χ4v) is 4.22. The Morgan fingerprint density at radius 1 is 0.933 bits per heavy atom. The van der Waals surface area contributed by atoms with Crippen molar-refractivity contribution in [2.75, 3.05) is 10.6 Å². The molecule has 1 heterocycles. The molecule has 30 heavy (non-hydrogen) atoms. The summed E-state index contributed by atoms with van der Waals surface area (Å²) in [4.78, 5) is 30.1. The summed E-state index contributed by atoms with van der Waals surface area (Å²) in [6.45, 7) is 2.04. The molecule has 2 amide bonds. The Morgan fingerprint density at radius 2 is 1.63 bits per heavy atom. The van der Waals surface area contributed by atoms with Crippen molar-refractivity contribution in [3.63, 3.8) is 0 Å². The van der Waals surface area contributed by atoms with Gasteiger partial charge in [0.25, 0.3) is 5.91 Å². The summed E-state index contributed by atoms with van der Waals surface area (Å²) in [5.74, 6) is 0.150. The van der Waals surface area contributed by atoms with Crippen LogP contribution in [0.15, 0.2) is 42.5 Å². The minimum atomic E-state index is -0.0964. The van der Waals surface area contributed by atoms with E-state index in [9.17, 15) is 9.59 Å². The van der Waals surface area contributed by atoms with E-state index in [2.05, 4.69) is 16.7 Å². The van der Waals surface area contributed by atoms with Crippen LogP contribution >= 0.6 is 0 Å². The zero-order valence-corrected chi connectivity index (χ0v) is 17.1. The van der Waals surface area contributed by atoms with E-state index >= 15 is 0 Å². The number of fused-ring (bicyclic) bond motifs is 2. The number of pyridine rings is 1. The standard InChI is InChI=1S/C25H25N3O2/c1-15-6-13-22-20(14-15)23(19-4-2-3-5-21(19)28-22)25(30)27-18-11-9-17(10-12-18)26-24(29)16-7-8-16/h6,9-14,16H,2-5,7-8H2,1H3,(H,26,29)(H,27,30). The molecule has 0 saturated heterocycles. The summed E-state index contributed by atoms with van der Waals surface area (Å²) in [6.07, 6.45) is 5.97. The Kier molecular flexibility index (Phi) is 4.74. The average molecular weight is 399 g/mol. The summed E-state index contributed by atoms with van der Waals surface area (Å²) in [6, 6.07) is 13.4. The molecule has 0 aliphatic heterocycles. The zero-order valence-electron chi connectivity index (χ0n) is 17.1. The summed E-state index contributed by atoms with van der Waals surface area (Å²) in [7, 11) is 0. The van der Waals surface area contributed by atoms with Gasteiger partial charge in [-0.2, -0.15) is 0 Å². The number of hydrogen-bond donors (Lipinski definition) is 2. The first kappa shape index (κ1) is 18.8. The smallest absolute Gasteiger partial charge is 0.256 e. The lowest BCUT2D eigenvalue weighted by molar-refractivity contribution is -0.117. The molecular formula is C25H25N3O2. The molecule has 1 aromatic heterocycles. The summed E-state index contributed by atoms with van der Waals surface area (Å²) < 4.78 is 0. The van der Waals surface area contributed by atoms with E-state index in [0.29, 0.717) is 5.69 Å². The normalized spacial score (nSPS) is 15.5. The highest BCUT2D eigenvalue weighted by molar-refractivity contribution is 6.13. The highest BCUT2D eigenvalue weighted by Gasteiger charge is 2.29. The Hall–Kier alpha value is -3.21. The number of benzene rings is 2. The minimum absolute atomic E-state index is 0.0806. The van der Waals surface area contributed by atoms with Gasteiger partial charge in [-0.15, -0.1) is 0 Å². The van der Waals surface area contributed by atoms with Crippen LogP contribution in [0.2, 0.25) is 0 Å². The van der Waals surface area contributed by atoms with Crippen LogP contribution in [0.5, 0.6) is 0 Å². The van der Waals surface area contributed by atoms with E-state index < -0.39 is 0 Å². The van der Waals surface area contributed by atoms with E-state index in [-0.39, 0.29) is 17.7 Å². The Balaban J connectivity index is 1.44. The van der Waals surface area contributed by atoms with Crippen LogP contribution in [0.25, 0.3) is 10.9 Å². The lowest BCUT2D eigenvalue weighted by Crippen LogP contribution is -2.19. The maximum atomic E-state index is 13.4. The highest BCUT2D eigenvalue weighted by Crippen LogP contribution is 2.32. The largest absolute Gasteiger partial charge is 0.326 e. The van der Waals surface area contributed by atoms with Gasteiger partial charge < -0.3 is 10.6 Å². The molecule has 2 aliphatic carbocycles. The van der Waals surface area contributed by atoms with E-state index in [1.807, 2.05) is 43.3 Å². The molecule has 0 radical (unpaired) electrons. The molecule has 5 nitrogen and oxygen atoms in total. The van der Waals surface area contributed by atoms with Crippen molar-refractivity contribution in [2.45, 2.75) is 45.4 Å². The lowest BCUT2D eigenvalue weighted by Gasteiger charge is -2.20. The number of carbonyl (C=O) groups excluding carboxylic acids is 2. The van der Waals surface area contributed by atoms with Crippen LogP contribution in [0.4, 0.5) is 11.4 Å². The van der Waals surface area contributed by atoms with Gasteiger partial charge in [0.05, 0.1) is 11.1 Å². The first-order valence-corrected chi connectivity index (χ1v) is 10.7. The SMILES string of the molecule is Cc1ccc2nc3c(c(C(=O)Nc4ccc(NC(=O)C5CC5)cc4)c2c1)CCCC3. The van der Waals surface area contributed by atoms with Gasteiger partial charge in [-0.05, 0) is 87.4 Å². The van der Waals surface area contributed by atoms with E-state index in [1.54, 1.807) is 0 Å². The molecule has 0 unspecified atom stereocenters. The van der Waals surface area contributed by atoms with Gasteiger partial charge in [0.2, 0.25) is 5.91 Å². The van der Waals surface area contributed by atoms with Crippen LogP contribution in [0.1, 0.15) is 52.9 Å². The van der Waals surface area contributed by atoms with Crippen LogP contribution < -0.4 is 10.6 Å². The van der Waals surface area contributed by atoms with Gasteiger partial charge in [0.1, 0.15) is 0 Å². The number of amides is 2. The summed E-state index contributed by atoms with van der Waals surface area (Å²) in [5.41, 5.74) is 6.36. The van der Waals surface area contributed by atoms with E-state index in [1.165, 1.54) is 0 Å². The molecule has 0 bridgehead atoms. The number of nitrogens with zero attached hydrogens (tertiary/aromatic N) is 1. The number of aromatic nitrogens is 1. The van der Waals surface area contributed by atoms with Crippen LogP contribution in [-0.2, 0) is 17.6 Å². The van der Waals surface area contributed by atoms with Gasteiger partial charge in [0, 0.05) is 28.4 Å². The quantitative estimate of drug-likeness (QED) is 0.647. The molecule has 1 fully saturated rings. The molecule has 1 saturated carbocycles. The van der Waals surface area contributed by atoms with Crippen LogP contribution in [0.3, 0.4) is 0 Å². The molecule has 0 spiro atoms. The second-order valence-electron chi connectivity index (χ2n) is 8.43.